The van der Waals surface area contributed by atoms with Gasteiger partial charge in [-0.3, -0.25) is 14.5 Å². The van der Waals surface area contributed by atoms with Gasteiger partial charge >= 0.3 is 0 Å². The topological polar surface area (TPSA) is 63.4 Å². The Kier molecular flexibility index (Phi) is 3.43. The number of hydrogen-bond donors (Lipinski definition) is 1. The second-order valence-electron chi connectivity index (χ2n) is 4.53. The fourth-order valence-corrected chi connectivity index (χ4v) is 2.03. The van der Waals surface area contributed by atoms with Crippen LogP contribution in [0.1, 0.15) is 24.0 Å². The number of likely N-dealkylation sites (tertiary alicyclic amines) is 1. The molecule has 1 saturated heterocycles. The van der Waals surface area contributed by atoms with Crippen molar-refractivity contribution in [3.8, 4) is 0 Å². The van der Waals surface area contributed by atoms with Crippen LogP contribution in [0.4, 0.5) is 4.39 Å². The Hall–Kier alpha value is -1.75. The van der Waals surface area contributed by atoms with Gasteiger partial charge in [0, 0.05) is 6.42 Å². The van der Waals surface area contributed by atoms with Crippen molar-refractivity contribution in [1.82, 2.24) is 4.90 Å². The van der Waals surface area contributed by atoms with Crippen LogP contribution >= 0.6 is 0 Å². The van der Waals surface area contributed by atoms with Crippen molar-refractivity contribution in [2.24, 2.45) is 5.73 Å². The summed E-state index contributed by atoms with van der Waals surface area (Å²) in [6.07, 6.45) is 0.684. The number of piperidine rings is 1. The molecule has 2 amide bonds. The molecule has 1 aliphatic heterocycles. The van der Waals surface area contributed by atoms with E-state index in [4.69, 9.17) is 5.73 Å². The highest BCUT2D eigenvalue weighted by Crippen LogP contribution is 2.18. The van der Waals surface area contributed by atoms with Gasteiger partial charge in [-0.05, 0) is 36.6 Å². The number of hydrogen-bond acceptors (Lipinski definition) is 3. The molecule has 0 spiro atoms. The number of carbonyl (C=O) groups is 2. The molecule has 1 aromatic rings. The maximum absolute atomic E-state index is 13.0. The van der Waals surface area contributed by atoms with Gasteiger partial charge in [0.05, 0.1) is 12.6 Å². The van der Waals surface area contributed by atoms with E-state index in [1.54, 1.807) is 13.0 Å². The van der Waals surface area contributed by atoms with Crippen molar-refractivity contribution in [3.63, 3.8) is 0 Å². The molecule has 4 nitrogen and oxygen atoms in total. The van der Waals surface area contributed by atoms with Crippen LogP contribution in [0.15, 0.2) is 18.2 Å². The van der Waals surface area contributed by atoms with E-state index in [-0.39, 0.29) is 30.6 Å². The molecule has 18 heavy (non-hydrogen) atoms. The minimum absolute atomic E-state index is 0.164. The average Bonchev–Trinajstić information content (AvgIpc) is 2.32. The Morgan fingerprint density at radius 2 is 2.17 bits per heavy atom. The largest absolute Gasteiger partial charge is 0.320 e. The van der Waals surface area contributed by atoms with Crippen molar-refractivity contribution in [1.29, 1.82) is 0 Å². The molecule has 0 saturated carbocycles. The molecule has 1 aromatic carbocycles. The Morgan fingerprint density at radius 3 is 2.83 bits per heavy atom. The molecule has 5 heteroatoms. The van der Waals surface area contributed by atoms with E-state index in [0.717, 1.165) is 16.0 Å². The molecule has 1 fully saturated rings. The summed E-state index contributed by atoms with van der Waals surface area (Å²) in [4.78, 5) is 24.7. The molecule has 0 aliphatic carbocycles. The average molecular weight is 250 g/mol. The van der Waals surface area contributed by atoms with E-state index in [1.807, 2.05) is 0 Å². The van der Waals surface area contributed by atoms with Crippen molar-refractivity contribution in [2.45, 2.75) is 32.4 Å². The van der Waals surface area contributed by atoms with Crippen LogP contribution in [0.5, 0.6) is 0 Å². The highest BCUT2D eigenvalue weighted by molar-refractivity contribution is 6.00. The number of rotatable bonds is 2. The monoisotopic (exact) mass is 250 g/mol. The predicted octanol–water partition coefficient (Wildman–Crippen LogP) is 1.11. The van der Waals surface area contributed by atoms with Gasteiger partial charge < -0.3 is 5.73 Å². The summed E-state index contributed by atoms with van der Waals surface area (Å²) in [5.41, 5.74) is 7.12. The normalized spacial score (nSPS) is 20.4. The smallest absolute Gasteiger partial charge is 0.246 e. The van der Waals surface area contributed by atoms with Gasteiger partial charge in [-0.1, -0.05) is 6.07 Å². The van der Waals surface area contributed by atoms with E-state index >= 15 is 0 Å². The number of halogens is 1. The van der Waals surface area contributed by atoms with Gasteiger partial charge in [-0.2, -0.15) is 0 Å². The summed E-state index contributed by atoms with van der Waals surface area (Å²) in [5.74, 6) is -0.898. The van der Waals surface area contributed by atoms with E-state index < -0.39 is 6.04 Å². The second kappa shape index (κ2) is 4.86. The van der Waals surface area contributed by atoms with E-state index in [2.05, 4.69) is 0 Å². The van der Waals surface area contributed by atoms with Crippen molar-refractivity contribution in [2.75, 3.05) is 0 Å². The maximum Gasteiger partial charge on any atom is 0.246 e. The van der Waals surface area contributed by atoms with Crippen LogP contribution in [0.2, 0.25) is 0 Å². The van der Waals surface area contributed by atoms with Crippen LogP contribution in [-0.4, -0.2) is 22.8 Å². The Labute approximate surface area is 105 Å². The molecule has 0 bridgehead atoms. The molecule has 96 valence electrons. The summed E-state index contributed by atoms with van der Waals surface area (Å²) in [7, 11) is 0. The highest BCUT2D eigenvalue weighted by Gasteiger charge is 2.32. The lowest BCUT2D eigenvalue weighted by atomic mass is 10.0. The van der Waals surface area contributed by atoms with Gasteiger partial charge in [0.25, 0.3) is 0 Å². The number of aryl methyl sites for hydroxylation is 1. The molecule has 0 radical (unpaired) electrons. The molecule has 1 unspecified atom stereocenters. The van der Waals surface area contributed by atoms with Gasteiger partial charge in [-0.15, -0.1) is 0 Å². The van der Waals surface area contributed by atoms with Crippen LogP contribution < -0.4 is 5.73 Å². The molecule has 1 aliphatic rings. The fraction of sp³-hybridized carbons (Fsp3) is 0.385. The van der Waals surface area contributed by atoms with Crippen LogP contribution in [0, 0.1) is 12.7 Å². The number of amides is 2. The molecule has 2 N–H and O–H groups in total. The van der Waals surface area contributed by atoms with Gasteiger partial charge in [-0.25, -0.2) is 4.39 Å². The summed E-state index contributed by atoms with van der Waals surface area (Å²) in [6.45, 7) is 1.91. The van der Waals surface area contributed by atoms with E-state index in [0.29, 0.717) is 6.42 Å². The number of carbonyl (C=O) groups excluding carboxylic acids is 2. The Balaban J connectivity index is 2.21. The fourth-order valence-electron chi connectivity index (χ4n) is 2.03. The zero-order chi connectivity index (χ0) is 13.3. The molecule has 0 aromatic heterocycles. The first-order valence-corrected chi connectivity index (χ1v) is 5.84. The van der Waals surface area contributed by atoms with Crippen LogP contribution in [-0.2, 0) is 16.1 Å². The molecule has 2 rings (SSSR count). The number of imide groups is 1. The van der Waals surface area contributed by atoms with E-state index in [1.165, 1.54) is 12.1 Å². The summed E-state index contributed by atoms with van der Waals surface area (Å²) in [5, 5.41) is 0. The SMILES string of the molecule is Cc1cc(F)ccc1CN1C(=O)CCC(N)C1=O. The standard InChI is InChI=1S/C13H15FN2O2/c1-8-6-10(14)3-2-9(8)7-16-12(17)5-4-11(15)13(16)18/h2-3,6,11H,4-5,7,15H2,1H3. The first kappa shape index (κ1) is 12.7. The highest BCUT2D eigenvalue weighted by atomic mass is 19.1. The minimum atomic E-state index is -0.608. The summed E-state index contributed by atoms with van der Waals surface area (Å²) in [6, 6.07) is 3.68. The third kappa shape index (κ3) is 2.41. The van der Waals surface area contributed by atoms with Crippen LogP contribution in [0.25, 0.3) is 0 Å². The Morgan fingerprint density at radius 1 is 1.44 bits per heavy atom. The number of benzene rings is 1. The lowest BCUT2D eigenvalue weighted by Gasteiger charge is -2.29. The molecule has 1 atom stereocenters. The van der Waals surface area contributed by atoms with Gasteiger partial charge in [0.15, 0.2) is 0 Å². The van der Waals surface area contributed by atoms with Crippen molar-refractivity contribution < 1.29 is 14.0 Å². The molecular formula is C13H15FN2O2. The molecule has 1 heterocycles. The zero-order valence-corrected chi connectivity index (χ0v) is 10.1. The quantitative estimate of drug-likeness (QED) is 0.800. The summed E-state index contributed by atoms with van der Waals surface area (Å²) >= 11 is 0. The van der Waals surface area contributed by atoms with Gasteiger partial charge in [0.1, 0.15) is 5.82 Å². The van der Waals surface area contributed by atoms with Crippen molar-refractivity contribution >= 4 is 11.8 Å². The zero-order valence-electron chi connectivity index (χ0n) is 10.1. The minimum Gasteiger partial charge on any atom is -0.320 e. The maximum atomic E-state index is 13.0. The third-order valence-corrected chi connectivity index (χ3v) is 3.19. The van der Waals surface area contributed by atoms with E-state index in [9.17, 15) is 14.0 Å². The predicted molar refractivity (Wildman–Crippen MR) is 63.9 cm³/mol. The first-order valence-electron chi connectivity index (χ1n) is 5.84. The summed E-state index contributed by atoms with van der Waals surface area (Å²) < 4.78 is 13.0. The molecular weight excluding hydrogens is 235 g/mol. The third-order valence-electron chi connectivity index (χ3n) is 3.19. The lowest BCUT2D eigenvalue weighted by Crippen LogP contribution is -2.50. The Bertz CT molecular complexity index is 502. The van der Waals surface area contributed by atoms with Gasteiger partial charge in [0.2, 0.25) is 11.8 Å². The first-order chi connectivity index (χ1) is 8.49. The van der Waals surface area contributed by atoms with Crippen molar-refractivity contribution in [3.05, 3.63) is 35.1 Å². The number of nitrogens with two attached hydrogens (primary N) is 1. The second-order valence-corrected chi connectivity index (χ2v) is 4.53. The van der Waals surface area contributed by atoms with Crippen LogP contribution in [0.3, 0.4) is 0 Å². The lowest BCUT2D eigenvalue weighted by molar-refractivity contribution is -0.149. The number of nitrogens with zero attached hydrogens (tertiary/aromatic N) is 1.